The van der Waals surface area contributed by atoms with Gasteiger partial charge in [0.15, 0.2) is 0 Å². The van der Waals surface area contributed by atoms with E-state index in [2.05, 4.69) is 11.8 Å². The summed E-state index contributed by atoms with van der Waals surface area (Å²) in [5.74, 6) is 3.03. The molecule has 0 rings (SSSR count). The topological polar surface area (TPSA) is 115 Å². The fraction of sp³-hybridized carbons (Fsp3) is 0.800. The van der Waals surface area contributed by atoms with Gasteiger partial charge >= 0.3 is 11.9 Å². The second kappa shape index (κ2) is 23.4. The van der Waals surface area contributed by atoms with Gasteiger partial charge in [0.2, 0.25) is 0 Å². The number of carboxylic acids is 2. The Labute approximate surface area is 158 Å². The van der Waals surface area contributed by atoms with Gasteiger partial charge in [-0.25, -0.2) is 0 Å². The van der Waals surface area contributed by atoms with E-state index in [1.807, 2.05) is 27.7 Å². The summed E-state index contributed by atoms with van der Waals surface area (Å²) in [6.07, 6.45) is 7.17. The minimum atomic E-state index is -0.635. The molecule has 0 aliphatic carbocycles. The summed E-state index contributed by atoms with van der Waals surface area (Å²) >= 11 is 0. The van der Waals surface area contributed by atoms with E-state index in [0.29, 0.717) is 0 Å². The molecule has 0 saturated heterocycles. The largest absolute Gasteiger partial charge is 0.481 e. The molecule has 6 nitrogen and oxygen atoms in total. The van der Waals surface area contributed by atoms with Crippen molar-refractivity contribution < 1.29 is 30.0 Å². The first-order valence-electron chi connectivity index (χ1n) is 9.48. The zero-order valence-corrected chi connectivity index (χ0v) is 16.8. The van der Waals surface area contributed by atoms with Crippen LogP contribution in [0.2, 0.25) is 0 Å². The maximum Gasteiger partial charge on any atom is 0.306 e. The summed E-state index contributed by atoms with van der Waals surface area (Å²) in [6, 6.07) is 0. The molecule has 4 N–H and O–H groups in total. The molecular weight excluding hydrogens is 336 g/mol. The number of hydrogen-bond donors (Lipinski definition) is 4. The van der Waals surface area contributed by atoms with Crippen molar-refractivity contribution in [1.82, 2.24) is 0 Å². The van der Waals surface area contributed by atoms with Crippen LogP contribution in [-0.2, 0) is 9.59 Å². The number of aliphatic carboxylic acids is 2. The smallest absolute Gasteiger partial charge is 0.306 e. The monoisotopic (exact) mass is 374 g/mol. The first-order chi connectivity index (χ1) is 12.4. The molecule has 0 atom stereocenters. The highest BCUT2D eigenvalue weighted by Gasteiger charge is 2.14. The Hall–Kier alpha value is -1.58. The number of carboxylic acid groups (broad SMARTS) is 2. The van der Waals surface area contributed by atoms with E-state index < -0.39 is 11.9 Å². The average molecular weight is 375 g/mol. The molecule has 0 aromatic carbocycles. The molecule has 0 aromatic rings. The summed E-state index contributed by atoms with van der Waals surface area (Å²) in [6.45, 7) is 7.75. The van der Waals surface area contributed by atoms with Crippen molar-refractivity contribution in [3.63, 3.8) is 0 Å². The molecule has 0 saturated carbocycles. The molecule has 0 spiro atoms. The highest BCUT2D eigenvalue weighted by Crippen LogP contribution is 2.13. The zero-order valence-electron chi connectivity index (χ0n) is 16.8. The Morgan fingerprint density at radius 1 is 0.654 bits per heavy atom. The second-order valence-corrected chi connectivity index (χ2v) is 5.89. The number of aliphatic hydroxyl groups is 2. The second-order valence-electron chi connectivity index (χ2n) is 5.89. The van der Waals surface area contributed by atoms with Gasteiger partial charge in [-0.2, -0.15) is 0 Å². The van der Waals surface area contributed by atoms with Crippen LogP contribution < -0.4 is 0 Å². The van der Waals surface area contributed by atoms with Crippen LogP contribution in [0, 0.1) is 23.7 Å². The molecule has 0 aromatic heterocycles. The lowest BCUT2D eigenvalue weighted by Crippen LogP contribution is -2.12. The Morgan fingerprint density at radius 3 is 1.00 bits per heavy atom. The normalized spacial score (nSPS) is 9.38. The van der Waals surface area contributed by atoms with Crippen LogP contribution in [-0.4, -0.2) is 45.6 Å². The predicted octanol–water partition coefficient (Wildman–Crippen LogP) is 3.55. The van der Waals surface area contributed by atoms with Crippen molar-refractivity contribution in [3.8, 4) is 11.8 Å². The lowest BCUT2D eigenvalue weighted by atomic mass is 9.99. The predicted molar refractivity (Wildman–Crippen MR) is 104 cm³/mol. The summed E-state index contributed by atoms with van der Waals surface area (Å²) in [5, 5.41) is 33.1. The summed E-state index contributed by atoms with van der Waals surface area (Å²) in [5.41, 5.74) is 0. The molecule has 0 unspecified atom stereocenters. The van der Waals surface area contributed by atoms with Crippen LogP contribution in [0.5, 0.6) is 0 Å². The molecule has 0 bridgehead atoms. The molecule has 0 fully saturated rings. The van der Waals surface area contributed by atoms with Gasteiger partial charge in [0, 0.05) is 0 Å². The molecule has 0 amide bonds. The number of rotatable bonds is 10. The maximum absolute atomic E-state index is 10.5. The van der Waals surface area contributed by atoms with Crippen molar-refractivity contribution in [2.24, 2.45) is 11.8 Å². The van der Waals surface area contributed by atoms with E-state index in [0.717, 1.165) is 51.4 Å². The third kappa shape index (κ3) is 22.4. The van der Waals surface area contributed by atoms with Crippen LogP contribution in [0.3, 0.4) is 0 Å². The lowest BCUT2D eigenvalue weighted by Gasteiger charge is -2.07. The van der Waals surface area contributed by atoms with Crippen LogP contribution in [0.15, 0.2) is 0 Å². The minimum Gasteiger partial charge on any atom is -0.481 e. The van der Waals surface area contributed by atoms with Gasteiger partial charge in [-0.15, -0.1) is 0 Å². The Kier molecular flexibility index (Phi) is 26.3. The number of carbonyl (C=O) groups is 2. The molecule has 0 aliphatic rings. The first-order valence-corrected chi connectivity index (χ1v) is 9.48. The van der Waals surface area contributed by atoms with Gasteiger partial charge in [-0.3, -0.25) is 9.59 Å². The standard InChI is InChI=1S/2C8H16O2.C4H6O2/c2*1-3-5-7(6-4-2)8(9)10;5-3-1-2-4-6/h2*7H,3-6H2,1-2H3,(H,9,10);5-6H,3-4H2. The van der Waals surface area contributed by atoms with Gasteiger partial charge in [-0.1, -0.05) is 65.2 Å². The Bertz CT molecular complexity index is 337. The summed E-state index contributed by atoms with van der Waals surface area (Å²) in [4.78, 5) is 21.0. The van der Waals surface area contributed by atoms with Crippen molar-refractivity contribution in [2.75, 3.05) is 13.2 Å². The molecule has 154 valence electrons. The van der Waals surface area contributed by atoms with E-state index >= 15 is 0 Å². The van der Waals surface area contributed by atoms with Crippen LogP contribution in [0.1, 0.15) is 79.1 Å². The van der Waals surface area contributed by atoms with Crippen molar-refractivity contribution in [3.05, 3.63) is 0 Å². The van der Waals surface area contributed by atoms with E-state index in [1.165, 1.54) is 0 Å². The van der Waals surface area contributed by atoms with Gasteiger partial charge in [0.05, 0.1) is 11.8 Å². The van der Waals surface area contributed by atoms with Gasteiger partial charge in [0.25, 0.3) is 0 Å². The van der Waals surface area contributed by atoms with Crippen molar-refractivity contribution in [2.45, 2.75) is 79.1 Å². The number of hydrogen-bond acceptors (Lipinski definition) is 4. The summed E-state index contributed by atoms with van der Waals surface area (Å²) in [7, 11) is 0. The quantitative estimate of drug-likeness (QED) is 0.435. The fourth-order valence-electron chi connectivity index (χ4n) is 2.29. The van der Waals surface area contributed by atoms with Crippen LogP contribution >= 0.6 is 0 Å². The molecule has 26 heavy (non-hydrogen) atoms. The molecule has 6 heteroatoms. The van der Waals surface area contributed by atoms with Crippen LogP contribution in [0.25, 0.3) is 0 Å². The number of aliphatic hydroxyl groups excluding tert-OH is 2. The third-order valence-corrected chi connectivity index (χ3v) is 3.53. The van der Waals surface area contributed by atoms with E-state index in [1.54, 1.807) is 0 Å². The minimum absolute atomic E-state index is 0.102. The lowest BCUT2D eigenvalue weighted by molar-refractivity contribution is -0.143. The SMILES string of the molecule is CCCC(CCC)C(=O)O.CCCC(CCC)C(=O)O.OCC#CCO. The maximum atomic E-state index is 10.5. The van der Waals surface area contributed by atoms with E-state index in [4.69, 9.17) is 20.4 Å². The molecule has 0 radical (unpaired) electrons. The van der Waals surface area contributed by atoms with Crippen molar-refractivity contribution >= 4 is 11.9 Å². The molecule has 0 heterocycles. The Balaban J connectivity index is -0.000000316. The van der Waals surface area contributed by atoms with Crippen LogP contribution in [0.4, 0.5) is 0 Å². The van der Waals surface area contributed by atoms with Crippen molar-refractivity contribution in [1.29, 1.82) is 0 Å². The third-order valence-electron chi connectivity index (χ3n) is 3.53. The van der Waals surface area contributed by atoms with Gasteiger partial charge < -0.3 is 20.4 Å². The Morgan fingerprint density at radius 2 is 0.885 bits per heavy atom. The van der Waals surface area contributed by atoms with Gasteiger partial charge in [-0.05, 0) is 25.7 Å². The zero-order chi connectivity index (χ0) is 20.8. The first kappa shape index (κ1) is 29.2. The average Bonchev–Trinajstić information content (AvgIpc) is 2.60. The summed E-state index contributed by atoms with van der Waals surface area (Å²) < 4.78 is 0. The van der Waals surface area contributed by atoms with E-state index in [9.17, 15) is 9.59 Å². The highest BCUT2D eigenvalue weighted by atomic mass is 16.4. The highest BCUT2D eigenvalue weighted by molar-refractivity contribution is 5.70. The molecular formula is C20H38O6. The molecule has 0 aliphatic heterocycles. The van der Waals surface area contributed by atoms with Gasteiger partial charge in [0.1, 0.15) is 13.2 Å². The van der Waals surface area contributed by atoms with E-state index in [-0.39, 0.29) is 25.0 Å². The fourth-order valence-corrected chi connectivity index (χ4v) is 2.29.